The monoisotopic (exact) mass is 369 g/mol. The van der Waals surface area contributed by atoms with Gasteiger partial charge >= 0.3 is 0 Å². The Labute approximate surface area is 163 Å². The van der Waals surface area contributed by atoms with E-state index in [0.717, 1.165) is 16.7 Å². The summed E-state index contributed by atoms with van der Waals surface area (Å²) in [5, 5.41) is 15.1. The minimum absolute atomic E-state index is 0.0900. The van der Waals surface area contributed by atoms with E-state index in [1.165, 1.54) is 0 Å². The van der Waals surface area contributed by atoms with Crippen molar-refractivity contribution in [3.05, 3.63) is 107 Å². The van der Waals surface area contributed by atoms with Gasteiger partial charge in [0.1, 0.15) is 5.41 Å². The number of rotatable bonds is 2. The Kier molecular flexibility index (Phi) is 3.88. The molecule has 3 aromatic rings. The second kappa shape index (κ2) is 6.43. The third-order valence-electron chi connectivity index (χ3n) is 5.86. The molecule has 0 fully saturated rings. The Morgan fingerprint density at radius 2 is 1.54 bits per heavy atom. The number of hydrogen-bond acceptors (Lipinski definition) is 4. The van der Waals surface area contributed by atoms with Crippen molar-refractivity contribution in [3.8, 4) is 0 Å². The van der Waals surface area contributed by atoms with Crippen molar-refractivity contribution < 1.29 is 14.7 Å². The molecule has 138 valence electrons. The Morgan fingerprint density at radius 1 is 0.893 bits per heavy atom. The third-order valence-corrected chi connectivity index (χ3v) is 5.86. The molecule has 1 unspecified atom stereocenters. The fourth-order valence-corrected chi connectivity index (χ4v) is 4.56. The molecule has 4 heteroatoms. The maximum absolute atomic E-state index is 13.6. The lowest BCUT2D eigenvalue weighted by Gasteiger charge is -2.39. The first-order valence-electron chi connectivity index (χ1n) is 9.36. The number of carbonyl (C=O) groups excluding carboxylic acids is 1. The van der Waals surface area contributed by atoms with Crippen LogP contribution < -0.4 is 0 Å². The van der Waals surface area contributed by atoms with Crippen molar-refractivity contribution in [2.45, 2.75) is 18.6 Å². The van der Waals surface area contributed by atoms with Crippen molar-refractivity contribution in [2.75, 3.05) is 0 Å². The van der Waals surface area contributed by atoms with E-state index < -0.39 is 11.7 Å². The Hall–Kier alpha value is -3.24. The number of Topliss-reactive ketones (excluding diaryl/α,β-unsaturated/α-hetero) is 1. The minimum Gasteiger partial charge on any atom is -0.362 e. The van der Waals surface area contributed by atoms with Gasteiger partial charge in [-0.1, -0.05) is 90.1 Å². The molecule has 0 aromatic heterocycles. The summed E-state index contributed by atoms with van der Waals surface area (Å²) in [4.78, 5) is 19.1. The standard InChI is InChI=1S/C24H19NO3/c26-22-19-14-8-7-13-18(19)21(17-11-5-2-6-12-17)24(22)15-20(25-28-23(24)27)16-9-3-1-4-10-16/h1-14,21,23,27H,15H2/t21-,23?,24-/m1/s1. The second-order valence-electron chi connectivity index (χ2n) is 7.34. The molecule has 1 aliphatic carbocycles. The first-order chi connectivity index (χ1) is 13.7. The third kappa shape index (κ3) is 2.35. The highest BCUT2D eigenvalue weighted by atomic mass is 16.7. The van der Waals surface area contributed by atoms with Gasteiger partial charge in [0.25, 0.3) is 0 Å². The first-order valence-corrected chi connectivity index (χ1v) is 9.36. The molecule has 3 aromatic carbocycles. The van der Waals surface area contributed by atoms with Crippen LogP contribution in [-0.2, 0) is 4.84 Å². The van der Waals surface area contributed by atoms with Crippen molar-refractivity contribution in [3.63, 3.8) is 0 Å². The Bertz CT molecular complexity index is 1060. The highest BCUT2D eigenvalue weighted by Gasteiger charge is 2.61. The van der Waals surface area contributed by atoms with E-state index in [-0.39, 0.29) is 11.7 Å². The largest absolute Gasteiger partial charge is 0.362 e. The highest BCUT2D eigenvalue weighted by Crippen LogP contribution is 2.56. The summed E-state index contributed by atoms with van der Waals surface area (Å²) < 4.78 is 0. The van der Waals surface area contributed by atoms with Crippen LogP contribution in [0.4, 0.5) is 0 Å². The van der Waals surface area contributed by atoms with Crippen molar-refractivity contribution in [1.29, 1.82) is 0 Å². The zero-order chi connectivity index (χ0) is 19.1. The summed E-state index contributed by atoms with van der Waals surface area (Å²) in [6.45, 7) is 0. The number of fused-ring (bicyclic) bond motifs is 1. The Morgan fingerprint density at radius 3 is 2.29 bits per heavy atom. The average Bonchev–Trinajstić information content (AvgIpc) is 3.00. The van der Waals surface area contributed by atoms with Gasteiger partial charge < -0.3 is 9.94 Å². The van der Waals surface area contributed by atoms with Gasteiger partial charge in [-0.15, -0.1) is 0 Å². The number of carbonyl (C=O) groups is 1. The minimum atomic E-state index is -1.31. The van der Waals surface area contributed by atoms with E-state index in [2.05, 4.69) is 5.16 Å². The number of nitrogens with zero attached hydrogens (tertiary/aromatic N) is 1. The van der Waals surface area contributed by atoms with Gasteiger partial charge in [-0.05, 0) is 16.7 Å². The second-order valence-corrected chi connectivity index (χ2v) is 7.34. The molecule has 1 aliphatic heterocycles. The van der Waals surface area contributed by atoms with E-state index >= 15 is 0 Å². The summed E-state index contributed by atoms with van der Waals surface area (Å²) in [6.07, 6.45) is -1.00. The predicted octanol–water partition coefficient (Wildman–Crippen LogP) is 4.14. The fourth-order valence-electron chi connectivity index (χ4n) is 4.56. The summed E-state index contributed by atoms with van der Waals surface area (Å²) in [5.41, 5.74) is 2.98. The zero-order valence-electron chi connectivity index (χ0n) is 15.2. The molecule has 0 saturated heterocycles. The number of aliphatic hydroxyl groups is 1. The van der Waals surface area contributed by atoms with Gasteiger partial charge in [-0.3, -0.25) is 4.79 Å². The molecule has 0 radical (unpaired) electrons. The van der Waals surface area contributed by atoms with Gasteiger partial charge in [-0.2, -0.15) is 0 Å². The molecule has 2 aliphatic rings. The van der Waals surface area contributed by atoms with E-state index in [0.29, 0.717) is 17.7 Å². The maximum Gasteiger partial charge on any atom is 0.238 e. The molecule has 4 nitrogen and oxygen atoms in total. The fraction of sp³-hybridized carbons (Fsp3) is 0.167. The molecular formula is C24H19NO3. The van der Waals surface area contributed by atoms with Crippen LogP contribution in [0, 0.1) is 5.41 Å². The first kappa shape index (κ1) is 16.9. The lowest BCUT2D eigenvalue weighted by Crippen LogP contribution is -2.48. The lowest BCUT2D eigenvalue weighted by atomic mass is 9.67. The van der Waals surface area contributed by atoms with Crippen LogP contribution >= 0.6 is 0 Å². The quantitative estimate of drug-likeness (QED) is 0.738. The molecule has 3 atom stereocenters. The van der Waals surface area contributed by atoms with E-state index in [9.17, 15) is 9.90 Å². The number of ketones is 1. The van der Waals surface area contributed by atoms with Crippen LogP contribution in [-0.4, -0.2) is 22.9 Å². The molecule has 5 rings (SSSR count). The van der Waals surface area contributed by atoms with Gasteiger partial charge in [0, 0.05) is 17.9 Å². The highest BCUT2D eigenvalue weighted by molar-refractivity contribution is 6.12. The summed E-state index contributed by atoms with van der Waals surface area (Å²) in [6, 6.07) is 27.1. The average molecular weight is 369 g/mol. The SMILES string of the molecule is O=C1c2ccccc2[C@@H](c2ccccc2)[C@]12CC(c1ccccc1)=NOC2O. The molecule has 1 heterocycles. The number of oxime groups is 1. The molecular weight excluding hydrogens is 350 g/mol. The van der Waals surface area contributed by atoms with Crippen LogP contribution in [0.2, 0.25) is 0 Å². The van der Waals surface area contributed by atoms with Gasteiger partial charge in [0.2, 0.25) is 6.29 Å². The van der Waals surface area contributed by atoms with Crippen LogP contribution in [0.15, 0.2) is 90.1 Å². The van der Waals surface area contributed by atoms with Gasteiger partial charge in [0.15, 0.2) is 5.78 Å². The van der Waals surface area contributed by atoms with Crippen molar-refractivity contribution in [1.82, 2.24) is 0 Å². The van der Waals surface area contributed by atoms with Crippen LogP contribution in [0.1, 0.15) is 39.4 Å². The van der Waals surface area contributed by atoms with E-state index in [4.69, 9.17) is 4.84 Å². The van der Waals surface area contributed by atoms with Crippen LogP contribution in [0.25, 0.3) is 0 Å². The van der Waals surface area contributed by atoms with E-state index in [1.807, 2.05) is 84.9 Å². The van der Waals surface area contributed by atoms with Crippen LogP contribution in [0.3, 0.4) is 0 Å². The van der Waals surface area contributed by atoms with Crippen molar-refractivity contribution >= 4 is 11.5 Å². The predicted molar refractivity (Wildman–Crippen MR) is 106 cm³/mol. The number of benzene rings is 3. The normalized spacial score (nSPS) is 25.9. The van der Waals surface area contributed by atoms with Crippen molar-refractivity contribution in [2.24, 2.45) is 10.6 Å². The lowest BCUT2D eigenvalue weighted by molar-refractivity contribution is -0.168. The topological polar surface area (TPSA) is 58.9 Å². The maximum atomic E-state index is 13.6. The number of hydrogen-bond donors (Lipinski definition) is 1. The molecule has 0 saturated carbocycles. The van der Waals surface area contributed by atoms with E-state index in [1.54, 1.807) is 0 Å². The van der Waals surface area contributed by atoms with Gasteiger partial charge in [0.05, 0.1) is 5.71 Å². The smallest absolute Gasteiger partial charge is 0.238 e. The molecule has 0 bridgehead atoms. The Balaban J connectivity index is 1.70. The molecule has 28 heavy (non-hydrogen) atoms. The molecule has 0 amide bonds. The molecule has 1 N–H and O–H groups in total. The summed E-state index contributed by atoms with van der Waals surface area (Å²) >= 11 is 0. The molecule has 1 spiro atoms. The van der Waals surface area contributed by atoms with Crippen LogP contribution in [0.5, 0.6) is 0 Å². The number of aliphatic hydroxyl groups excluding tert-OH is 1. The summed E-state index contributed by atoms with van der Waals surface area (Å²) in [5.74, 6) is -0.394. The zero-order valence-corrected chi connectivity index (χ0v) is 15.2. The summed E-state index contributed by atoms with van der Waals surface area (Å²) in [7, 11) is 0. The van der Waals surface area contributed by atoms with Gasteiger partial charge in [-0.25, -0.2) is 0 Å².